The molecule has 0 aliphatic carbocycles. The van der Waals surface area contributed by atoms with Crippen LogP contribution in [0.15, 0.2) is 35.6 Å². The second-order valence-electron chi connectivity index (χ2n) is 6.28. The van der Waals surface area contributed by atoms with Gasteiger partial charge in [-0.1, -0.05) is 23.0 Å². The fourth-order valence-corrected chi connectivity index (χ4v) is 3.73. The summed E-state index contributed by atoms with van der Waals surface area (Å²) in [7, 11) is 1.61. The molecule has 0 spiro atoms. The van der Waals surface area contributed by atoms with E-state index in [4.69, 9.17) is 9.47 Å². The number of ether oxygens (including phenoxy) is 2. The van der Waals surface area contributed by atoms with E-state index in [0.29, 0.717) is 28.5 Å². The van der Waals surface area contributed by atoms with E-state index in [9.17, 15) is 4.79 Å². The second kappa shape index (κ2) is 8.53. The molecule has 2 aromatic heterocycles. The highest BCUT2D eigenvalue weighted by atomic mass is 32.2. The van der Waals surface area contributed by atoms with Crippen LogP contribution < -0.4 is 10.1 Å². The molecule has 1 atom stereocenters. The maximum absolute atomic E-state index is 12.1. The van der Waals surface area contributed by atoms with Gasteiger partial charge in [-0.05, 0) is 25.0 Å². The lowest BCUT2D eigenvalue weighted by Crippen LogP contribution is -2.32. The first-order valence-electron chi connectivity index (χ1n) is 8.96. The lowest BCUT2D eigenvalue weighted by atomic mass is 10.2. The number of methoxy groups -OCH3 is 1. The summed E-state index contributed by atoms with van der Waals surface area (Å²) in [5, 5.41) is 11.9. The van der Waals surface area contributed by atoms with E-state index in [2.05, 4.69) is 25.6 Å². The van der Waals surface area contributed by atoms with Crippen molar-refractivity contribution in [3.05, 3.63) is 30.6 Å². The summed E-state index contributed by atoms with van der Waals surface area (Å²) in [5.74, 6) is 0.894. The van der Waals surface area contributed by atoms with Crippen LogP contribution in [-0.4, -0.2) is 63.0 Å². The highest BCUT2D eigenvalue weighted by molar-refractivity contribution is 8.00. The first-order chi connectivity index (χ1) is 13.7. The Bertz CT molecular complexity index is 973. The van der Waals surface area contributed by atoms with Gasteiger partial charge in [-0.15, -0.1) is 5.10 Å². The van der Waals surface area contributed by atoms with Gasteiger partial charge in [-0.3, -0.25) is 4.79 Å². The van der Waals surface area contributed by atoms with Crippen molar-refractivity contribution in [3.63, 3.8) is 0 Å². The van der Waals surface area contributed by atoms with E-state index < -0.39 is 0 Å². The quantitative estimate of drug-likeness (QED) is 0.471. The van der Waals surface area contributed by atoms with E-state index in [1.165, 1.54) is 18.1 Å². The van der Waals surface area contributed by atoms with Crippen LogP contribution in [0.3, 0.4) is 0 Å². The summed E-state index contributed by atoms with van der Waals surface area (Å²) in [6.45, 7) is 1.32. The number of carbonyl (C=O) groups excluding carboxylic acids is 1. The third-order valence-electron chi connectivity index (χ3n) is 4.39. The van der Waals surface area contributed by atoms with Crippen LogP contribution in [0.2, 0.25) is 0 Å². The van der Waals surface area contributed by atoms with Crippen molar-refractivity contribution in [3.8, 4) is 11.4 Å². The molecule has 1 N–H and O–H groups in total. The van der Waals surface area contributed by atoms with Gasteiger partial charge in [0.1, 0.15) is 17.1 Å². The molecule has 10 heteroatoms. The van der Waals surface area contributed by atoms with E-state index in [1.54, 1.807) is 11.8 Å². The molecule has 4 rings (SSSR count). The summed E-state index contributed by atoms with van der Waals surface area (Å²) >= 11 is 1.31. The van der Waals surface area contributed by atoms with Crippen molar-refractivity contribution < 1.29 is 14.3 Å². The average Bonchev–Trinajstić information content (AvgIpc) is 3.40. The zero-order valence-corrected chi connectivity index (χ0v) is 16.2. The normalized spacial score (nSPS) is 16.4. The summed E-state index contributed by atoms with van der Waals surface area (Å²) in [4.78, 5) is 20.7. The minimum atomic E-state index is -0.0625. The molecule has 28 heavy (non-hydrogen) atoms. The number of hydrogen-bond donors (Lipinski definition) is 1. The highest BCUT2D eigenvalue weighted by Crippen LogP contribution is 2.25. The van der Waals surface area contributed by atoms with Gasteiger partial charge < -0.3 is 14.8 Å². The van der Waals surface area contributed by atoms with Crippen LogP contribution >= 0.6 is 11.8 Å². The first kappa shape index (κ1) is 18.6. The smallest absolute Gasteiger partial charge is 0.230 e. The lowest BCUT2D eigenvalue weighted by molar-refractivity contribution is -0.119. The molecule has 0 saturated carbocycles. The number of rotatable bonds is 7. The van der Waals surface area contributed by atoms with Gasteiger partial charge in [0, 0.05) is 19.2 Å². The van der Waals surface area contributed by atoms with E-state index in [-0.39, 0.29) is 17.8 Å². The number of carbonyl (C=O) groups is 1. The number of nitrogens with one attached hydrogen (secondary N) is 1. The predicted molar refractivity (Wildman–Crippen MR) is 104 cm³/mol. The second-order valence-corrected chi connectivity index (χ2v) is 7.25. The van der Waals surface area contributed by atoms with Gasteiger partial charge in [-0.25, -0.2) is 9.97 Å². The molecule has 1 aromatic carbocycles. The molecule has 0 radical (unpaired) electrons. The molecule has 1 aliphatic heterocycles. The number of aromatic nitrogens is 5. The zero-order valence-electron chi connectivity index (χ0n) is 15.4. The van der Waals surface area contributed by atoms with Crippen molar-refractivity contribution >= 4 is 28.8 Å². The Labute approximate surface area is 165 Å². The third kappa shape index (κ3) is 4.07. The zero-order chi connectivity index (χ0) is 19.3. The topological polar surface area (TPSA) is 104 Å². The van der Waals surface area contributed by atoms with Crippen LogP contribution in [0.1, 0.15) is 12.8 Å². The largest absolute Gasteiger partial charge is 0.497 e. The lowest BCUT2D eigenvalue weighted by Gasteiger charge is -2.10. The van der Waals surface area contributed by atoms with Crippen LogP contribution in [0.25, 0.3) is 16.9 Å². The summed E-state index contributed by atoms with van der Waals surface area (Å²) < 4.78 is 12.4. The van der Waals surface area contributed by atoms with Gasteiger partial charge in [0.25, 0.3) is 0 Å². The molecule has 1 amide bonds. The molecule has 3 heterocycles. The number of hydrogen-bond acceptors (Lipinski definition) is 8. The molecule has 0 unspecified atom stereocenters. The molecule has 1 saturated heterocycles. The highest BCUT2D eigenvalue weighted by Gasteiger charge is 2.18. The third-order valence-corrected chi connectivity index (χ3v) is 5.37. The van der Waals surface area contributed by atoms with Crippen molar-refractivity contribution in [2.24, 2.45) is 0 Å². The molecular formula is C18H20N6O3S. The average molecular weight is 400 g/mol. The summed E-state index contributed by atoms with van der Waals surface area (Å²) in [6.07, 6.45) is 3.63. The summed E-state index contributed by atoms with van der Waals surface area (Å²) in [5.41, 5.74) is 1.92. The number of amides is 1. The van der Waals surface area contributed by atoms with Crippen molar-refractivity contribution in [2.45, 2.75) is 24.0 Å². The van der Waals surface area contributed by atoms with Crippen molar-refractivity contribution in [1.82, 2.24) is 30.3 Å². The number of nitrogens with zero attached hydrogens (tertiary/aromatic N) is 5. The van der Waals surface area contributed by atoms with Crippen LogP contribution in [-0.2, 0) is 9.53 Å². The minimum absolute atomic E-state index is 0.0625. The predicted octanol–water partition coefficient (Wildman–Crippen LogP) is 1.61. The first-order valence-corrected chi connectivity index (χ1v) is 9.95. The molecule has 1 fully saturated rings. The van der Waals surface area contributed by atoms with Crippen LogP contribution in [0.4, 0.5) is 0 Å². The van der Waals surface area contributed by atoms with Gasteiger partial charge in [0.15, 0.2) is 11.2 Å². The van der Waals surface area contributed by atoms with Crippen LogP contribution in [0.5, 0.6) is 5.75 Å². The maximum Gasteiger partial charge on any atom is 0.230 e. The van der Waals surface area contributed by atoms with E-state index in [1.807, 2.05) is 24.3 Å². The van der Waals surface area contributed by atoms with E-state index >= 15 is 0 Å². The molecule has 3 aromatic rings. The SMILES string of the molecule is COc1cccc(-n2nnc3c(SCC(=O)NC[C@@H]4CCCO4)ncnc32)c1. The number of fused-ring (bicyclic) bond motifs is 1. The Hall–Kier alpha value is -2.72. The molecule has 0 bridgehead atoms. The van der Waals surface area contributed by atoms with Crippen molar-refractivity contribution in [2.75, 3.05) is 26.0 Å². The molecule has 146 valence electrons. The van der Waals surface area contributed by atoms with Gasteiger partial charge >= 0.3 is 0 Å². The van der Waals surface area contributed by atoms with Crippen LogP contribution in [0, 0.1) is 0 Å². The Morgan fingerprint density at radius 2 is 2.36 bits per heavy atom. The monoisotopic (exact) mass is 400 g/mol. The Kier molecular flexibility index (Phi) is 5.68. The Balaban J connectivity index is 1.46. The summed E-state index contributed by atoms with van der Waals surface area (Å²) in [6, 6.07) is 7.47. The fourth-order valence-electron chi connectivity index (χ4n) is 2.97. The Morgan fingerprint density at radius 3 is 3.18 bits per heavy atom. The van der Waals surface area contributed by atoms with Gasteiger partial charge in [0.2, 0.25) is 5.91 Å². The van der Waals surface area contributed by atoms with Gasteiger partial charge in [0.05, 0.1) is 24.7 Å². The number of benzene rings is 1. The number of thioether (sulfide) groups is 1. The maximum atomic E-state index is 12.1. The molecule has 1 aliphatic rings. The Morgan fingerprint density at radius 1 is 1.43 bits per heavy atom. The van der Waals surface area contributed by atoms with Gasteiger partial charge in [-0.2, -0.15) is 4.68 Å². The standard InChI is InChI=1S/C18H20N6O3S/c1-26-13-5-2-4-12(8-13)24-17-16(22-23-24)18(21-11-20-17)28-10-15(25)19-9-14-6-3-7-27-14/h2,4-5,8,11,14H,3,6-7,9-10H2,1H3,(H,19,25)/t14-/m0/s1. The van der Waals surface area contributed by atoms with E-state index in [0.717, 1.165) is 25.1 Å². The fraction of sp³-hybridized carbons (Fsp3) is 0.389. The molecule has 9 nitrogen and oxygen atoms in total. The molecular weight excluding hydrogens is 380 g/mol. The van der Waals surface area contributed by atoms with Crippen molar-refractivity contribution in [1.29, 1.82) is 0 Å². The minimum Gasteiger partial charge on any atom is -0.497 e.